The summed E-state index contributed by atoms with van der Waals surface area (Å²) in [6.07, 6.45) is 1.51. The molecule has 0 atom stereocenters. The van der Waals surface area contributed by atoms with E-state index in [1.54, 1.807) is 18.2 Å². The maximum Gasteiger partial charge on any atom is 0.294 e. The number of primary amides is 1. The predicted octanol–water partition coefficient (Wildman–Crippen LogP) is 2.85. The largest absolute Gasteiger partial charge is 0.493 e. The maximum atomic E-state index is 12.4. The minimum absolute atomic E-state index is 0.157. The van der Waals surface area contributed by atoms with Crippen LogP contribution in [-0.2, 0) is 14.4 Å². The van der Waals surface area contributed by atoms with Gasteiger partial charge in [-0.05, 0) is 61.0 Å². The van der Waals surface area contributed by atoms with Gasteiger partial charge in [-0.2, -0.15) is 0 Å². The zero-order valence-corrected chi connectivity index (χ0v) is 19.2. The summed E-state index contributed by atoms with van der Waals surface area (Å²) in [6, 6.07) is 10.6. The van der Waals surface area contributed by atoms with Crippen molar-refractivity contribution in [1.82, 2.24) is 4.90 Å². The van der Waals surface area contributed by atoms with Gasteiger partial charge in [0, 0.05) is 5.69 Å². The van der Waals surface area contributed by atoms with Crippen LogP contribution in [0.5, 0.6) is 11.5 Å². The average Bonchev–Trinajstić information content (AvgIpc) is 3.01. The number of aryl methyl sites for hydroxylation is 2. The van der Waals surface area contributed by atoms with Crippen LogP contribution in [0.15, 0.2) is 41.3 Å². The minimum atomic E-state index is -0.775. The molecule has 0 aliphatic carbocycles. The van der Waals surface area contributed by atoms with Gasteiger partial charge in [0.05, 0.1) is 12.0 Å². The number of hydrogen-bond donors (Lipinski definition) is 2. The smallest absolute Gasteiger partial charge is 0.294 e. The van der Waals surface area contributed by atoms with Crippen molar-refractivity contribution in [3.8, 4) is 11.5 Å². The van der Waals surface area contributed by atoms with Crippen molar-refractivity contribution >= 4 is 46.5 Å². The number of carbonyl (C=O) groups excluding carboxylic acids is 4. The quantitative estimate of drug-likeness (QED) is 0.569. The highest BCUT2D eigenvalue weighted by Crippen LogP contribution is 2.34. The molecule has 0 spiro atoms. The molecule has 33 heavy (non-hydrogen) atoms. The maximum absolute atomic E-state index is 12.4. The van der Waals surface area contributed by atoms with Gasteiger partial charge >= 0.3 is 0 Å². The highest BCUT2D eigenvalue weighted by molar-refractivity contribution is 8.18. The zero-order valence-electron chi connectivity index (χ0n) is 18.3. The van der Waals surface area contributed by atoms with Crippen molar-refractivity contribution in [2.24, 2.45) is 5.73 Å². The van der Waals surface area contributed by atoms with Crippen molar-refractivity contribution in [3.63, 3.8) is 0 Å². The van der Waals surface area contributed by atoms with E-state index >= 15 is 0 Å². The fourth-order valence-electron chi connectivity index (χ4n) is 3.12. The van der Waals surface area contributed by atoms with Crippen molar-refractivity contribution in [2.45, 2.75) is 13.8 Å². The number of anilines is 1. The first kappa shape index (κ1) is 23.9. The number of nitrogens with two attached hydrogens (primary N) is 1. The summed E-state index contributed by atoms with van der Waals surface area (Å²) in [6.45, 7) is 3.19. The topological polar surface area (TPSA) is 128 Å². The number of nitrogens with one attached hydrogen (secondary N) is 1. The van der Waals surface area contributed by atoms with Crippen LogP contribution in [0.25, 0.3) is 6.08 Å². The summed E-state index contributed by atoms with van der Waals surface area (Å²) in [4.78, 5) is 48.6. The van der Waals surface area contributed by atoms with Crippen LogP contribution in [0.2, 0.25) is 0 Å². The second-order valence-electron chi connectivity index (χ2n) is 7.30. The van der Waals surface area contributed by atoms with Gasteiger partial charge in [-0.3, -0.25) is 24.1 Å². The molecule has 0 radical (unpaired) electrons. The number of amides is 4. The fraction of sp³-hybridized carbons (Fsp3) is 0.217. The molecule has 1 heterocycles. The molecule has 0 aromatic heterocycles. The van der Waals surface area contributed by atoms with Crippen LogP contribution in [0.3, 0.4) is 0 Å². The first-order valence-electron chi connectivity index (χ1n) is 9.89. The number of methoxy groups -OCH3 is 1. The molecule has 172 valence electrons. The Labute approximate surface area is 194 Å². The third-order valence-corrected chi connectivity index (χ3v) is 5.60. The van der Waals surface area contributed by atoms with Crippen LogP contribution < -0.4 is 20.5 Å². The van der Waals surface area contributed by atoms with Gasteiger partial charge in [0.1, 0.15) is 6.54 Å². The average molecular weight is 470 g/mol. The zero-order chi connectivity index (χ0) is 24.1. The van der Waals surface area contributed by atoms with Gasteiger partial charge in [0.25, 0.3) is 17.1 Å². The van der Waals surface area contributed by atoms with E-state index in [0.717, 1.165) is 27.8 Å². The van der Waals surface area contributed by atoms with E-state index in [1.165, 1.54) is 13.2 Å². The van der Waals surface area contributed by atoms with E-state index < -0.39 is 23.6 Å². The number of ether oxygens (including phenoxy) is 2. The van der Waals surface area contributed by atoms with Gasteiger partial charge in [0.15, 0.2) is 18.1 Å². The molecule has 0 bridgehead atoms. The molecule has 10 heteroatoms. The predicted molar refractivity (Wildman–Crippen MR) is 125 cm³/mol. The molecule has 1 aliphatic rings. The SMILES string of the molecule is COc1cc(/C=C2\SC(=O)N(CC(N)=O)C2=O)ccc1OCC(=O)Nc1ccc(C)cc1C. The van der Waals surface area contributed by atoms with Crippen molar-refractivity contribution < 1.29 is 28.7 Å². The summed E-state index contributed by atoms with van der Waals surface area (Å²) in [7, 11) is 1.45. The molecule has 1 aliphatic heterocycles. The van der Waals surface area contributed by atoms with Crippen LogP contribution in [-0.4, -0.2) is 48.1 Å². The normalized spacial score (nSPS) is 14.5. The van der Waals surface area contributed by atoms with E-state index in [4.69, 9.17) is 15.2 Å². The standard InChI is InChI=1S/C23H23N3O6S/c1-13-4-6-16(14(2)8-13)25-21(28)12-32-17-7-5-15(9-18(17)31-3)10-19-22(29)26(11-20(24)27)23(30)33-19/h4-10H,11-12H2,1-3H3,(H2,24,27)(H,25,28)/b19-10-. The number of hydrogen-bond acceptors (Lipinski definition) is 7. The second-order valence-corrected chi connectivity index (χ2v) is 8.29. The number of rotatable bonds is 8. The molecular formula is C23H23N3O6S. The van der Waals surface area contributed by atoms with E-state index in [9.17, 15) is 19.2 Å². The lowest BCUT2D eigenvalue weighted by Crippen LogP contribution is -2.36. The molecular weight excluding hydrogens is 446 g/mol. The lowest BCUT2D eigenvalue weighted by molar-refractivity contribution is -0.127. The number of imide groups is 1. The van der Waals surface area contributed by atoms with Crippen molar-refractivity contribution in [1.29, 1.82) is 0 Å². The molecule has 4 amide bonds. The molecule has 0 saturated carbocycles. The molecule has 2 aromatic carbocycles. The number of benzene rings is 2. The molecule has 9 nitrogen and oxygen atoms in total. The summed E-state index contributed by atoms with van der Waals surface area (Å²) in [5.41, 5.74) is 8.42. The van der Waals surface area contributed by atoms with Crippen LogP contribution in [0.1, 0.15) is 16.7 Å². The number of carbonyl (C=O) groups is 4. The van der Waals surface area contributed by atoms with Gasteiger partial charge < -0.3 is 20.5 Å². The van der Waals surface area contributed by atoms with Crippen molar-refractivity contribution in [3.05, 3.63) is 58.0 Å². The van der Waals surface area contributed by atoms with E-state index in [0.29, 0.717) is 22.7 Å². The highest BCUT2D eigenvalue weighted by atomic mass is 32.2. The highest BCUT2D eigenvalue weighted by Gasteiger charge is 2.35. The summed E-state index contributed by atoms with van der Waals surface area (Å²) < 4.78 is 10.9. The van der Waals surface area contributed by atoms with E-state index in [1.807, 2.05) is 32.0 Å². The van der Waals surface area contributed by atoms with Gasteiger partial charge in [-0.25, -0.2) is 0 Å². The van der Waals surface area contributed by atoms with Gasteiger partial charge in [-0.15, -0.1) is 0 Å². The lowest BCUT2D eigenvalue weighted by atomic mass is 10.1. The van der Waals surface area contributed by atoms with Crippen LogP contribution in [0, 0.1) is 13.8 Å². The van der Waals surface area contributed by atoms with E-state index in [2.05, 4.69) is 5.32 Å². The number of nitrogens with zero attached hydrogens (tertiary/aromatic N) is 1. The Morgan fingerprint density at radius 3 is 2.55 bits per heavy atom. The monoisotopic (exact) mass is 469 g/mol. The molecule has 1 fully saturated rings. The van der Waals surface area contributed by atoms with Gasteiger partial charge in [0.2, 0.25) is 5.91 Å². The molecule has 2 aromatic rings. The minimum Gasteiger partial charge on any atom is -0.493 e. The lowest BCUT2D eigenvalue weighted by Gasteiger charge is -2.13. The van der Waals surface area contributed by atoms with E-state index in [-0.39, 0.29) is 17.4 Å². The summed E-state index contributed by atoms with van der Waals surface area (Å²) in [5, 5.41) is 2.24. The Kier molecular flexibility index (Phi) is 7.39. The Hall–Kier alpha value is -3.79. The molecule has 3 rings (SSSR count). The summed E-state index contributed by atoms with van der Waals surface area (Å²) >= 11 is 0.719. The van der Waals surface area contributed by atoms with Crippen LogP contribution >= 0.6 is 11.8 Å². The number of thioether (sulfide) groups is 1. The first-order valence-corrected chi connectivity index (χ1v) is 10.7. The van der Waals surface area contributed by atoms with Gasteiger partial charge in [-0.1, -0.05) is 23.8 Å². The Morgan fingerprint density at radius 2 is 1.88 bits per heavy atom. The third-order valence-electron chi connectivity index (χ3n) is 4.69. The first-order chi connectivity index (χ1) is 15.7. The Balaban J connectivity index is 1.68. The Morgan fingerprint density at radius 1 is 1.12 bits per heavy atom. The second kappa shape index (κ2) is 10.2. The molecule has 0 unspecified atom stereocenters. The van der Waals surface area contributed by atoms with Crippen molar-refractivity contribution in [2.75, 3.05) is 25.6 Å². The summed E-state index contributed by atoms with van der Waals surface area (Å²) in [5.74, 6) is -1.00. The fourth-order valence-corrected chi connectivity index (χ4v) is 3.96. The molecule has 3 N–H and O–H groups in total. The molecule has 1 saturated heterocycles. The van der Waals surface area contributed by atoms with Crippen LogP contribution in [0.4, 0.5) is 10.5 Å². The Bertz CT molecular complexity index is 1160. The third kappa shape index (κ3) is 5.92.